The lowest BCUT2D eigenvalue weighted by atomic mass is 10.2. The predicted molar refractivity (Wildman–Crippen MR) is 62.7 cm³/mol. The zero-order chi connectivity index (χ0) is 12.0. The summed E-state index contributed by atoms with van der Waals surface area (Å²) in [5.74, 6) is 0.913. The zero-order valence-corrected chi connectivity index (χ0v) is 9.82. The third kappa shape index (κ3) is 3.77. The summed E-state index contributed by atoms with van der Waals surface area (Å²) in [5, 5.41) is 0. The van der Waals surface area contributed by atoms with Gasteiger partial charge in [0.15, 0.2) is 0 Å². The van der Waals surface area contributed by atoms with Gasteiger partial charge in [0.05, 0.1) is 7.11 Å². The molecule has 3 nitrogen and oxygen atoms in total. The van der Waals surface area contributed by atoms with Crippen LogP contribution in [0.5, 0.6) is 11.5 Å². The summed E-state index contributed by atoms with van der Waals surface area (Å²) in [6.07, 6.45) is 2.35. The van der Waals surface area contributed by atoms with E-state index in [4.69, 9.17) is 9.47 Å². The van der Waals surface area contributed by atoms with Gasteiger partial charge in [-0.2, -0.15) is 0 Å². The Morgan fingerprint density at radius 1 is 1.25 bits per heavy atom. The molecule has 0 aliphatic rings. The third-order valence-electron chi connectivity index (χ3n) is 2.20. The molecule has 16 heavy (non-hydrogen) atoms. The van der Waals surface area contributed by atoms with Crippen LogP contribution in [-0.4, -0.2) is 13.1 Å². The minimum Gasteiger partial charge on any atom is -0.497 e. The molecule has 0 bridgehead atoms. The van der Waals surface area contributed by atoms with E-state index in [-0.39, 0.29) is 5.97 Å². The first kappa shape index (κ1) is 12.3. The molecule has 0 aliphatic heterocycles. The zero-order valence-electron chi connectivity index (χ0n) is 9.82. The average molecular weight is 220 g/mol. The number of carbonyl (C=O) groups excluding carboxylic acids is 1. The van der Waals surface area contributed by atoms with Gasteiger partial charge in [-0.25, -0.2) is 4.79 Å². The van der Waals surface area contributed by atoms with Crippen molar-refractivity contribution in [1.82, 2.24) is 0 Å². The van der Waals surface area contributed by atoms with Gasteiger partial charge >= 0.3 is 5.97 Å². The molecular weight excluding hydrogens is 204 g/mol. The monoisotopic (exact) mass is 220 g/mol. The largest absolute Gasteiger partial charge is 0.497 e. The van der Waals surface area contributed by atoms with Gasteiger partial charge in [-0.1, -0.05) is 12.5 Å². The molecule has 0 saturated heterocycles. The van der Waals surface area contributed by atoms with Crippen LogP contribution in [0.2, 0.25) is 0 Å². The van der Waals surface area contributed by atoms with Crippen LogP contribution in [-0.2, 0) is 4.79 Å². The molecule has 0 spiro atoms. The lowest BCUT2D eigenvalue weighted by Crippen LogP contribution is -2.04. The van der Waals surface area contributed by atoms with Crippen molar-refractivity contribution in [3.05, 3.63) is 35.9 Å². The minimum atomic E-state index is -0.343. The van der Waals surface area contributed by atoms with Crippen LogP contribution in [0.15, 0.2) is 35.9 Å². The molecule has 1 aromatic rings. The Bertz CT molecular complexity index is 377. The molecule has 0 fully saturated rings. The van der Waals surface area contributed by atoms with Gasteiger partial charge in [0.1, 0.15) is 11.5 Å². The number of rotatable bonds is 4. The Balaban J connectivity index is 2.63. The Kier molecular flexibility index (Phi) is 4.58. The maximum atomic E-state index is 11.4. The topological polar surface area (TPSA) is 35.5 Å². The van der Waals surface area contributed by atoms with Gasteiger partial charge in [-0.15, -0.1) is 0 Å². The highest BCUT2D eigenvalue weighted by Crippen LogP contribution is 2.17. The molecule has 0 unspecified atom stereocenters. The molecule has 0 amide bonds. The van der Waals surface area contributed by atoms with E-state index in [2.05, 4.69) is 0 Å². The predicted octanol–water partition coefficient (Wildman–Crippen LogP) is 2.96. The van der Waals surface area contributed by atoms with Crippen molar-refractivity contribution < 1.29 is 14.3 Å². The number of hydrogen-bond donors (Lipinski definition) is 0. The number of hydrogen-bond acceptors (Lipinski definition) is 3. The van der Waals surface area contributed by atoms with E-state index in [0.29, 0.717) is 5.75 Å². The Hall–Kier alpha value is -1.77. The highest BCUT2D eigenvalue weighted by molar-refractivity contribution is 5.84. The van der Waals surface area contributed by atoms with Gasteiger partial charge in [-0.05, 0) is 37.6 Å². The van der Waals surface area contributed by atoms with Crippen LogP contribution in [0.1, 0.15) is 20.3 Å². The fraction of sp³-hybridized carbons (Fsp3) is 0.308. The summed E-state index contributed by atoms with van der Waals surface area (Å²) in [6, 6.07) is 6.90. The van der Waals surface area contributed by atoms with Crippen LogP contribution < -0.4 is 9.47 Å². The Labute approximate surface area is 95.7 Å². The molecule has 86 valence electrons. The van der Waals surface area contributed by atoms with Crippen molar-refractivity contribution >= 4 is 5.97 Å². The van der Waals surface area contributed by atoms with E-state index in [1.807, 2.05) is 13.8 Å². The molecule has 0 N–H and O–H groups in total. The van der Waals surface area contributed by atoms with Crippen LogP contribution >= 0.6 is 0 Å². The summed E-state index contributed by atoms with van der Waals surface area (Å²) in [6.45, 7) is 3.89. The Morgan fingerprint density at radius 3 is 2.31 bits per heavy atom. The third-order valence-corrected chi connectivity index (χ3v) is 2.20. The molecule has 1 rings (SSSR count). The van der Waals surface area contributed by atoms with Gasteiger partial charge in [0.25, 0.3) is 0 Å². The van der Waals surface area contributed by atoms with Crippen LogP contribution in [0.4, 0.5) is 0 Å². The first-order valence-electron chi connectivity index (χ1n) is 5.18. The molecule has 0 saturated carbocycles. The normalized spacial score (nSPS) is 11.1. The van der Waals surface area contributed by atoms with Crippen molar-refractivity contribution in [2.24, 2.45) is 0 Å². The summed E-state index contributed by atoms with van der Waals surface area (Å²) < 4.78 is 10.1. The first-order chi connectivity index (χ1) is 7.65. The van der Waals surface area contributed by atoms with E-state index >= 15 is 0 Å². The van der Waals surface area contributed by atoms with E-state index in [1.54, 1.807) is 31.4 Å². The molecule has 1 aromatic carbocycles. The van der Waals surface area contributed by atoms with E-state index in [0.717, 1.165) is 17.7 Å². The summed E-state index contributed by atoms with van der Waals surface area (Å²) >= 11 is 0. The van der Waals surface area contributed by atoms with Gasteiger partial charge in [0.2, 0.25) is 0 Å². The number of methoxy groups -OCH3 is 1. The number of allylic oxidation sites excluding steroid dienone is 1. The number of benzene rings is 1. The van der Waals surface area contributed by atoms with E-state index in [1.165, 1.54) is 6.08 Å². The van der Waals surface area contributed by atoms with Gasteiger partial charge in [-0.3, -0.25) is 0 Å². The molecular formula is C13H16O3. The first-order valence-corrected chi connectivity index (χ1v) is 5.18. The highest BCUT2D eigenvalue weighted by Gasteiger charge is 2.01. The van der Waals surface area contributed by atoms with Crippen LogP contribution in [0.25, 0.3) is 0 Å². The standard InChI is InChI=1S/C13H16O3/c1-4-10(2)9-13(14)16-12-7-5-11(15-3)6-8-12/h5-9H,4H2,1-3H3/b10-9-. The second-order valence-corrected chi connectivity index (χ2v) is 3.44. The lowest BCUT2D eigenvalue weighted by Gasteiger charge is -2.03. The summed E-state index contributed by atoms with van der Waals surface area (Å²) in [7, 11) is 1.59. The van der Waals surface area contributed by atoms with Crippen molar-refractivity contribution in [1.29, 1.82) is 0 Å². The number of ether oxygens (including phenoxy) is 2. The molecule has 0 atom stereocenters. The van der Waals surface area contributed by atoms with Gasteiger partial charge < -0.3 is 9.47 Å². The SMILES string of the molecule is CC/C(C)=C\C(=O)Oc1ccc(OC)cc1. The maximum Gasteiger partial charge on any atom is 0.336 e. The summed E-state index contributed by atoms with van der Waals surface area (Å²) in [5.41, 5.74) is 0.999. The quantitative estimate of drug-likeness (QED) is 0.444. The second kappa shape index (κ2) is 5.95. The highest BCUT2D eigenvalue weighted by atomic mass is 16.5. The van der Waals surface area contributed by atoms with Crippen molar-refractivity contribution in [2.75, 3.05) is 7.11 Å². The van der Waals surface area contributed by atoms with Crippen molar-refractivity contribution in [2.45, 2.75) is 20.3 Å². The summed E-state index contributed by atoms with van der Waals surface area (Å²) in [4.78, 5) is 11.4. The van der Waals surface area contributed by atoms with Crippen LogP contribution in [0.3, 0.4) is 0 Å². The second-order valence-electron chi connectivity index (χ2n) is 3.44. The molecule has 0 aromatic heterocycles. The van der Waals surface area contributed by atoms with Crippen molar-refractivity contribution in [3.63, 3.8) is 0 Å². The van der Waals surface area contributed by atoms with E-state index < -0.39 is 0 Å². The van der Waals surface area contributed by atoms with Gasteiger partial charge in [0, 0.05) is 6.08 Å². The molecule has 0 aliphatic carbocycles. The minimum absolute atomic E-state index is 0.343. The average Bonchev–Trinajstić information content (AvgIpc) is 2.29. The van der Waals surface area contributed by atoms with Crippen molar-refractivity contribution in [3.8, 4) is 11.5 Å². The van der Waals surface area contributed by atoms with Crippen LogP contribution in [0, 0.1) is 0 Å². The Morgan fingerprint density at radius 2 is 1.81 bits per heavy atom. The molecule has 0 heterocycles. The smallest absolute Gasteiger partial charge is 0.336 e. The fourth-order valence-electron chi connectivity index (χ4n) is 1.09. The maximum absolute atomic E-state index is 11.4. The molecule has 3 heteroatoms. The fourth-order valence-corrected chi connectivity index (χ4v) is 1.09. The van der Waals surface area contributed by atoms with E-state index in [9.17, 15) is 4.79 Å². The lowest BCUT2D eigenvalue weighted by molar-refractivity contribution is -0.129. The number of carbonyl (C=O) groups is 1. The molecule has 0 radical (unpaired) electrons. The number of esters is 1.